The summed E-state index contributed by atoms with van der Waals surface area (Å²) in [4.78, 5) is 25.4. The SMILES string of the molecule is COc1ccc2cc1COC/C=C\COCc1cc(ccc1N1CCN(C)CC1)Nc1nccc-2n1.Fc1cc2cc(c1)-c1ccnc(n1)Nc1ccc(OCCN3CCCC3)c(c1)COC/C=C/COC2. The minimum atomic E-state index is -0.331. The molecule has 6 aromatic rings. The number of nitrogens with zero attached hydrogens (tertiary/aromatic N) is 7. The minimum Gasteiger partial charge on any atom is -0.496 e. The molecular formula is C56H64FN9O6. The Morgan fingerprint density at radius 1 is 0.583 bits per heavy atom. The van der Waals surface area contributed by atoms with Crippen molar-refractivity contribution in [2.24, 2.45) is 0 Å². The normalized spacial score (nSPS) is 17.8. The highest BCUT2D eigenvalue weighted by Crippen LogP contribution is 2.31. The first-order valence-corrected chi connectivity index (χ1v) is 24.8. The number of hydrogen-bond acceptors (Lipinski definition) is 15. The van der Waals surface area contributed by atoms with Crippen molar-refractivity contribution in [1.82, 2.24) is 29.7 Å². The van der Waals surface area contributed by atoms with Gasteiger partial charge in [0, 0.05) is 90.0 Å². The molecule has 0 spiro atoms. The van der Waals surface area contributed by atoms with Crippen molar-refractivity contribution in [3.05, 3.63) is 150 Å². The number of likely N-dealkylation sites (N-methyl/N-ethyl adjacent to an activating group) is 1. The zero-order valence-corrected chi connectivity index (χ0v) is 41.2. The molecule has 2 aromatic heterocycles. The van der Waals surface area contributed by atoms with Gasteiger partial charge in [0.05, 0.1) is 71.4 Å². The van der Waals surface area contributed by atoms with Gasteiger partial charge in [0.15, 0.2) is 0 Å². The number of anilines is 5. The molecule has 0 amide bonds. The predicted octanol–water partition coefficient (Wildman–Crippen LogP) is 9.35. The summed E-state index contributed by atoms with van der Waals surface area (Å²) in [5.41, 5.74) is 9.89. The van der Waals surface area contributed by atoms with E-state index >= 15 is 0 Å². The van der Waals surface area contributed by atoms with Crippen LogP contribution in [0.4, 0.5) is 33.3 Å². The van der Waals surface area contributed by atoms with Gasteiger partial charge < -0.3 is 48.9 Å². The lowest BCUT2D eigenvalue weighted by Gasteiger charge is -2.35. The van der Waals surface area contributed by atoms with Crippen LogP contribution in [0.25, 0.3) is 22.5 Å². The van der Waals surface area contributed by atoms with Crippen molar-refractivity contribution < 1.29 is 32.8 Å². The number of fused-ring (bicyclic) bond motifs is 14. The second-order valence-corrected chi connectivity index (χ2v) is 18.0. The molecule has 0 radical (unpaired) electrons. The summed E-state index contributed by atoms with van der Waals surface area (Å²) in [7, 11) is 3.84. The van der Waals surface area contributed by atoms with E-state index < -0.39 is 0 Å². The molecule has 15 nitrogen and oxygen atoms in total. The van der Waals surface area contributed by atoms with E-state index in [4.69, 9.17) is 33.4 Å². The Hall–Kier alpha value is -6.79. The van der Waals surface area contributed by atoms with E-state index in [1.807, 2.05) is 66.8 Å². The number of halogens is 1. The molecule has 376 valence electrons. The second kappa shape index (κ2) is 25.5. The van der Waals surface area contributed by atoms with Crippen molar-refractivity contribution in [3.8, 4) is 34.0 Å². The topological polar surface area (TPSA) is 141 Å². The van der Waals surface area contributed by atoms with E-state index in [1.54, 1.807) is 25.6 Å². The van der Waals surface area contributed by atoms with Crippen molar-refractivity contribution in [2.45, 2.75) is 39.3 Å². The van der Waals surface area contributed by atoms with Crippen molar-refractivity contribution >= 4 is 29.0 Å². The van der Waals surface area contributed by atoms with E-state index in [-0.39, 0.29) is 5.82 Å². The second-order valence-electron chi connectivity index (χ2n) is 18.0. The zero-order valence-electron chi connectivity index (χ0n) is 41.2. The molecule has 72 heavy (non-hydrogen) atoms. The number of likely N-dealkylation sites (tertiary alicyclic amines) is 1. The number of methoxy groups -OCH3 is 1. The van der Waals surface area contributed by atoms with Gasteiger partial charge >= 0.3 is 0 Å². The van der Waals surface area contributed by atoms with Crippen LogP contribution in [0.2, 0.25) is 0 Å². The van der Waals surface area contributed by atoms with Crippen LogP contribution >= 0.6 is 0 Å². The van der Waals surface area contributed by atoms with Crippen LogP contribution in [0.15, 0.2) is 122 Å². The molecule has 2 fully saturated rings. The Morgan fingerprint density at radius 3 is 1.83 bits per heavy atom. The molecule has 6 heterocycles. The maximum atomic E-state index is 14.3. The maximum absolute atomic E-state index is 14.3. The van der Waals surface area contributed by atoms with E-state index in [1.165, 1.54) is 30.7 Å². The lowest BCUT2D eigenvalue weighted by Crippen LogP contribution is -2.44. The number of benzene rings is 4. The first-order valence-electron chi connectivity index (χ1n) is 24.8. The molecule has 0 unspecified atom stereocenters. The fourth-order valence-electron chi connectivity index (χ4n) is 8.91. The number of rotatable bonds is 6. The Morgan fingerprint density at radius 2 is 1.17 bits per heavy atom. The average Bonchev–Trinajstić information content (AvgIpc) is 3.92. The van der Waals surface area contributed by atoms with E-state index in [0.29, 0.717) is 82.6 Å². The van der Waals surface area contributed by atoms with E-state index in [0.717, 1.165) is 102 Å². The summed E-state index contributed by atoms with van der Waals surface area (Å²) in [5, 5.41) is 6.65. The lowest BCUT2D eigenvalue weighted by atomic mass is 10.1. The Bertz CT molecular complexity index is 2780. The molecule has 4 aliphatic heterocycles. The number of ether oxygens (including phenoxy) is 6. The zero-order chi connectivity index (χ0) is 49.3. The van der Waals surface area contributed by atoms with Gasteiger partial charge in [-0.25, -0.2) is 24.3 Å². The summed E-state index contributed by atoms with van der Waals surface area (Å²) in [5.74, 6) is 2.24. The molecule has 4 aliphatic rings. The highest BCUT2D eigenvalue weighted by Gasteiger charge is 2.19. The van der Waals surface area contributed by atoms with Crippen LogP contribution in [0, 0.1) is 5.82 Å². The van der Waals surface area contributed by atoms with Crippen molar-refractivity contribution in [1.29, 1.82) is 0 Å². The molecule has 2 N–H and O–H groups in total. The maximum Gasteiger partial charge on any atom is 0.227 e. The third kappa shape index (κ3) is 14.2. The molecule has 0 aliphatic carbocycles. The Kier molecular flexibility index (Phi) is 17.8. The van der Waals surface area contributed by atoms with Crippen LogP contribution in [-0.2, 0) is 45.4 Å². The highest BCUT2D eigenvalue weighted by atomic mass is 19.1. The van der Waals surface area contributed by atoms with Gasteiger partial charge in [0.25, 0.3) is 0 Å². The summed E-state index contributed by atoms with van der Waals surface area (Å²) in [6.07, 6.45) is 13.8. The summed E-state index contributed by atoms with van der Waals surface area (Å²) in [6, 6.07) is 26.8. The molecule has 16 heteroatoms. The number of nitrogens with one attached hydrogen (secondary N) is 2. The van der Waals surface area contributed by atoms with Gasteiger partial charge in [0.2, 0.25) is 11.9 Å². The van der Waals surface area contributed by atoms with Crippen molar-refractivity contribution in [3.63, 3.8) is 0 Å². The van der Waals surface area contributed by atoms with Gasteiger partial charge in [-0.05, 0) is 123 Å². The first kappa shape index (κ1) is 50.2. The Balaban J connectivity index is 0.000000178. The summed E-state index contributed by atoms with van der Waals surface area (Å²) in [6.45, 7) is 11.5. The molecule has 0 saturated carbocycles. The molecular weight excluding hydrogens is 914 g/mol. The van der Waals surface area contributed by atoms with Crippen LogP contribution < -0.4 is 25.0 Å². The molecule has 2 saturated heterocycles. The fraction of sp³-hybridized carbons (Fsp3) is 0.357. The van der Waals surface area contributed by atoms with Gasteiger partial charge in [-0.1, -0.05) is 24.3 Å². The molecule has 10 rings (SSSR count). The third-order valence-corrected chi connectivity index (χ3v) is 12.7. The van der Waals surface area contributed by atoms with Crippen LogP contribution in [-0.4, -0.2) is 123 Å². The monoisotopic (exact) mass is 977 g/mol. The summed E-state index contributed by atoms with van der Waals surface area (Å²) < 4.78 is 49.5. The fourth-order valence-corrected chi connectivity index (χ4v) is 8.91. The van der Waals surface area contributed by atoms with Crippen LogP contribution in [0.3, 0.4) is 0 Å². The van der Waals surface area contributed by atoms with E-state index in [9.17, 15) is 4.39 Å². The standard InChI is InChI=1S/C28H31FN4O3.C28H33N5O3/c29-24-16-21-15-22(17-24)26-7-8-30-28(32-26)31-25-5-6-27(36-14-11-33-9-1-2-10-33)23(18-25)20-35-13-4-3-12-34-19-21;1-32-11-13-33(14-12-32)26-7-6-24-18-22(26)19-35-15-3-4-16-36-20-23-17-21(5-8-27(23)34-2)25-9-10-29-28(30-24)31-25/h3-8,15-18H,1-2,9-14,19-20H2,(H,30,31,32);3-10,17-18H,11-16,19-20H2,1-2H3,(H,29,30,31)/b4-3+;4-3-. The van der Waals surface area contributed by atoms with Crippen LogP contribution in [0.1, 0.15) is 35.1 Å². The largest absolute Gasteiger partial charge is 0.496 e. The number of hydrogen-bond donors (Lipinski definition) is 2. The quantitative estimate of drug-likeness (QED) is 0.153. The predicted molar refractivity (Wildman–Crippen MR) is 279 cm³/mol. The van der Waals surface area contributed by atoms with Crippen molar-refractivity contribution in [2.75, 3.05) is 109 Å². The molecule has 12 bridgehead atoms. The summed E-state index contributed by atoms with van der Waals surface area (Å²) >= 11 is 0. The minimum absolute atomic E-state index is 0.300. The van der Waals surface area contributed by atoms with Gasteiger partial charge in [-0.2, -0.15) is 0 Å². The average molecular weight is 978 g/mol. The molecule has 0 atom stereocenters. The molecule has 4 aromatic carbocycles. The first-order chi connectivity index (χ1) is 35.4. The van der Waals surface area contributed by atoms with Crippen LogP contribution in [0.5, 0.6) is 11.5 Å². The van der Waals surface area contributed by atoms with Gasteiger partial charge in [-0.3, -0.25) is 4.90 Å². The number of piperazine rings is 1. The smallest absolute Gasteiger partial charge is 0.227 e. The highest BCUT2D eigenvalue weighted by molar-refractivity contribution is 5.67. The van der Waals surface area contributed by atoms with E-state index in [2.05, 4.69) is 71.6 Å². The van der Waals surface area contributed by atoms with Gasteiger partial charge in [-0.15, -0.1) is 0 Å². The number of aromatic nitrogens is 4. The third-order valence-electron chi connectivity index (χ3n) is 12.7. The van der Waals surface area contributed by atoms with Gasteiger partial charge in [0.1, 0.15) is 23.9 Å². The Labute approximate surface area is 421 Å². The lowest BCUT2D eigenvalue weighted by molar-refractivity contribution is 0.138.